The summed E-state index contributed by atoms with van der Waals surface area (Å²) in [7, 11) is 0. The number of benzene rings is 4. The number of hydrogen-bond donors (Lipinski definition) is 0. The average Bonchev–Trinajstić information content (AvgIpc) is 3.02. The maximum absolute atomic E-state index is 15.3. The molecule has 0 aromatic heterocycles. The molecule has 4 aromatic carbocycles. The maximum Gasteiger partial charge on any atom is 0.330 e. The van der Waals surface area contributed by atoms with Gasteiger partial charge in [-0.3, -0.25) is 0 Å². The first-order valence-corrected chi connectivity index (χ1v) is 14.1. The molecule has 0 radical (unpaired) electrons. The zero-order valence-corrected chi connectivity index (χ0v) is 24.3. The Morgan fingerprint density at radius 1 is 0.700 bits per heavy atom. The molecule has 0 saturated heterocycles. The first kappa shape index (κ1) is 29.0. The van der Waals surface area contributed by atoms with E-state index in [1.54, 1.807) is 0 Å². The molecule has 0 atom stereocenters. The third-order valence-corrected chi connectivity index (χ3v) is 7.45. The number of rotatable bonds is 12. The van der Waals surface area contributed by atoms with Gasteiger partial charge in [-0.2, -0.15) is 0 Å². The first-order valence-electron chi connectivity index (χ1n) is 13.0. The second-order valence-electron chi connectivity index (χ2n) is 9.06. The molecular formula is C35H30FIO3. The molecule has 40 heavy (non-hydrogen) atoms. The quantitative estimate of drug-likeness (QED) is 0.0507. The van der Waals surface area contributed by atoms with Crippen molar-refractivity contribution in [1.29, 1.82) is 0 Å². The number of ether oxygens (including phenoxy) is 2. The molecule has 0 amide bonds. The first-order chi connectivity index (χ1) is 19.5. The van der Waals surface area contributed by atoms with E-state index in [9.17, 15) is 4.79 Å². The maximum atomic E-state index is 15.3. The molecule has 0 aliphatic carbocycles. The van der Waals surface area contributed by atoms with Gasteiger partial charge in [-0.05, 0) is 80.9 Å². The molecule has 4 rings (SSSR count). The predicted molar refractivity (Wildman–Crippen MR) is 172 cm³/mol. The SMILES string of the molecule is C=CC(=O)OCCCCOc1ccc(/C(I)=C(\F)c2ccc(-c3ccc(-c4ccc(C=C)cc4)cc3)cc2)cc1. The van der Waals surface area contributed by atoms with Gasteiger partial charge < -0.3 is 9.47 Å². The van der Waals surface area contributed by atoms with Gasteiger partial charge in [-0.25, -0.2) is 9.18 Å². The van der Waals surface area contributed by atoms with Gasteiger partial charge in [0.1, 0.15) is 11.6 Å². The van der Waals surface area contributed by atoms with Gasteiger partial charge in [0, 0.05) is 11.6 Å². The minimum absolute atomic E-state index is 0.270. The molecule has 0 heterocycles. The van der Waals surface area contributed by atoms with Crippen molar-refractivity contribution in [3.63, 3.8) is 0 Å². The fourth-order valence-corrected chi connectivity index (χ4v) is 4.72. The normalized spacial score (nSPS) is 11.3. The lowest BCUT2D eigenvalue weighted by atomic mass is 9.99. The van der Waals surface area contributed by atoms with Crippen molar-refractivity contribution in [2.24, 2.45) is 0 Å². The molecule has 0 N–H and O–H groups in total. The van der Waals surface area contributed by atoms with Crippen LogP contribution in [0.1, 0.15) is 29.5 Å². The van der Waals surface area contributed by atoms with Gasteiger partial charge in [-0.15, -0.1) is 0 Å². The fraction of sp³-hybridized carbons (Fsp3) is 0.114. The van der Waals surface area contributed by atoms with E-state index in [0.29, 0.717) is 34.5 Å². The largest absolute Gasteiger partial charge is 0.494 e. The Hall–Kier alpha value is -3.97. The molecular weight excluding hydrogens is 614 g/mol. The van der Waals surface area contributed by atoms with Crippen LogP contribution in [-0.4, -0.2) is 19.2 Å². The molecule has 0 saturated carbocycles. The highest BCUT2D eigenvalue weighted by atomic mass is 127. The minimum atomic E-state index is -0.417. The number of carbonyl (C=O) groups is 1. The fourth-order valence-electron chi connectivity index (χ4n) is 4.05. The topological polar surface area (TPSA) is 35.5 Å². The highest BCUT2D eigenvalue weighted by Gasteiger charge is 2.10. The highest BCUT2D eigenvalue weighted by molar-refractivity contribution is 14.1. The summed E-state index contributed by atoms with van der Waals surface area (Å²) in [6.45, 7) is 8.01. The summed E-state index contributed by atoms with van der Waals surface area (Å²) in [6.07, 6.45) is 4.44. The summed E-state index contributed by atoms with van der Waals surface area (Å²) in [5.74, 6) is 0.0213. The predicted octanol–water partition coefficient (Wildman–Crippen LogP) is 9.78. The minimum Gasteiger partial charge on any atom is -0.494 e. The molecule has 3 nitrogen and oxygen atoms in total. The Balaban J connectivity index is 1.35. The molecule has 4 aromatic rings. The zero-order valence-electron chi connectivity index (χ0n) is 22.1. The van der Waals surface area contributed by atoms with Gasteiger partial charge in [0.05, 0.1) is 16.8 Å². The highest BCUT2D eigenvalue weighted by Crippen LogP contribution is 2.34. The zero-order chi connectivity index (χ0) is 28.3. The second kappa shape index (κ2) is 14.4. The van der Waals surface area contributed by atoms with E-state index in [1.165, 1.54) is 0 Å². The van der Waals surface area contributed by atoms with Crippen molar-refractivity contribution < 1.29 is 18.7 Å². The third-order valence-electron chi connectivity index (χ3n) is 6.36. The van der Waals surface area contributed by atoms with Crippen LogP contribution in [0.25, 0.3) is 37.7 Å². The lowest BCUT2D eigenvalue weighted by Gasteiger charge is -2.09. The molecule has 0 aliphatic heterocycles. The van der Waals surface area contributed by atoms with Gasteiger partial charge in [0.25, 0.3) is 0 Å². The van der Waals surface area contributed by atoms with Crippen molar-refractivity contribution in [2.75, 3.05) is 13.2 Å². The Morgan fingerprint density at radius 2 is 1.18 bits per heavy atom. The standard InChI is InChI=1S/C35H30FIO3/c1-3-25-7-9-26(10-8-25)27-11-13-28(14-12-27)29-15-17-30(18-16-29)34(36)35(37)31-19-21-32(22-20-31)39-23-5-6-24-40-33(38)4-2/h3-4,7-22H,1-2,5-6,23-24H2/b35-34+. The molecule has 0 aliphatic rings. The van der Waals surface area contributed by atoms with Crippen LogP contribution in [0.5, 0.6) is 5.75 Å². The molecule has 0 spiro atoms. The second-order valence-corrected chi connectivity index (χ2v) is 10.1. The van der Waals surface area contributed by atoms with Crippen LogP contribution in [-0.2, 0) is 9.53 Å². The number of halogens is 2. The van der Waals surface area contributed by atoms with E-state index in [1.807, 2.05) is 77.2 Å². The summed E-state index contributed by atoms with van der Waals surface area (Å²) >= 11 is 2.04. The van der Waals surface area contributed by atoms with E-state index in [0.717, 1.165) is 45.9 Å². The Kier molecular flexibility index (Phi) is 10.5. The van der Waals surface area contributed by atoms with Gasteiger partial charge in [-0.1, -0.05) is 104 Å². The molecule has 202 valence electrons. The van der Waals surface area contributed by atoms with E-state index in [4.69, 9.17) is 9.47 Å². The number of hydrogen-bond acceptors (Lipinski definition) is 3. The van der Waals surface area contributed by atoms with Crippen molar-refractivity contribution >= 4 is 44.0 Å². The van der Waals surface area contributed by atoms with Crippen molar-refractivity contribution in [3.05, 3.63) is 133 Å². The molecule has 0 bridgehead atoms. The Labute approximate surface area is 248 Å². The van der Waals surface area contributed by atoms with Crippen molar-refractivity contribution in [2.45, 2.75) is 12.8 Å². The van der Waals surface area contributed by atoms with Crippen LogP contribution in [0, 0.1) is 0 Å². The van der Waals surface area contributed by atoms with E-state index >= 15 is 4.39 Å². The molecule has 5 heteroatoms. The van der Waals surface area contributed by atoms with Gasteiger partial charge in [0.2, 0.25) is 0 Å². The van der Waals surface area contributed by atoms with E-state index < -0.39 is 5.97 Å². The molecule has 0 unspecified atom stereocenters. The van der Waals surface area contributed by atoms with Crippen LogP contribution in [0.3, 0.4) is 0 Å². The number of carbonyl (C=O) groups excluding carboxylic acids is 1. The van der Waals surface area contributed by atoms with Crippen molar-refractivity contribution in [1.82, 2.24) is 0 Å². The number of esters is 1. The van der Waals surface area contributed by atoms with E-state index in [2.05, 4.69) is 61.7 Å². The third kappa shape index (κ3) is 7.79. The summed E-state index contributed by atoms with van der Waals surface area (Å²) in [5, 5.41) is 0. The molecule has 0 fully saturated rings. The smallest absolute Gasteiger partial charge is 0.330 e. The summed E-state index contributed by atoms with van der Waals surface area (Å²) in [5.41, 5.74) is 6.80. The van der Waals surface area contributed by atoms with Gasteiger partial charge >= 0.3 is 5.97 Å². The van der Waals surface area contributed by atoms with Gasteiger partial charge in [0.15, 0.2) is 0 Å². The summed E-state index contributed by atoms with van der Waals surface area (Å²) in [4.78, 5) is 11.0. The Bertz CT molecular complexity index is 1470. The van der Waals surface area contributed by atoms with Crippen LogP contribution in [0.4, 0.5) is 4.39 Å². The lowest BCUT2D eigenvalue weighted by Crippen LogP contribution is -2.04. The summed E-state index contributed by atoms with van der Waals surface area (Å²) < 4.78 is 26.6. The van der Waals surface area contributed by atoms with Crippen LogP contribution in [0.2, 0.25) is 0 Å². The van der Waals surface area contributed by atoms with Crippen molar-refractivity contribution in [3.8, 4) is 28.0 Å². The average molecular weight is 645 g/mol. The summed E-state index contributed by atoms with van der Waals surface area (Å²) in [6, 6.07) is 31.5. The lowest BCUT2D eigenvalue weighted by molar-refractivity contribution is -0.137. The van der Waals surface area contributed by atoms with E-state index in [-0.39, 0.29) is 5.83 Å². The van der Waals surface area contributed by atoms with Crippen LogP contribution >= 0.6 is 22.6 Å². The Morgan fingerprint density at radius 3 is 1.70 bits per heavy atom. The van der Waals surface area contributed by atoms with Crippen LogP contribution < -0.4 is 4.74 Å². The van der Waals surface area contributed by atoms with Crippen LogP contribution in [0.15, 0.2) is 116 Å². The number of unbranched alkanes of at least 4 members (excludes halogenated alkanes) is 1. The monoisotopic (exact) mass is 644 g/mol.